The van der Waals surface area contributed by atoms with E-state index in [-0.39, 0.29) is 0 Å². The zero-order valence-corrected chi connectivity index (χ0v) is 13.2. The Morgan fingerprint density at radius 2 is 2.16 bits per heavy atom. The first-order chi connectivity index (χ1) is 8.87. The van der Waals surface area contributed by atoms with Crippen LogP contribution in [0.1, 0.15) is 51.4 Å². The van der Waals surface area contributed by atoms with Gasteiger partial charge in [0.15, 0.2) is 0 Å². The fourth-order valence-electron chi connectivity index (χ4n) is 3.25. The van der Waals surface area contributed by atoms with E-state index in [1.807, 2.05) is 11.7 Å². The molecule has 0 radical (unpaired) electrons. The Hall–Kier alpha value is -0.540. The van der Waals surface area contributed by atoms with Gasteiger partial charge in [0.1, 0.15) is 0 Å². The lowest BCUT2D eigenvalue weighted by atomic mass is 9.70. The molecule has 1 aromatic heterocycles. The fraction of sp³-hybridized carbons (Fsp3) is 0.800. The molecule has 1 aliphatic carbocycles. The van der Waals surface area contributed by atoms with Gasteiger partial charge in [0.25, 0.3) is 0 Å². The standard InChI is InChI=1S/C15H25ClN2O/c1-5-12-14(16)13(18(4)17-12)9-15(19)7-6-10(2)8-11(15)3/h10-11,19H,5-9H2,1-4H3. The summed E-state index contributed by atoms with van der Waals surface area (Å²) in [4.78, 5) is 0. The van der Waals surface area contributed by atoms with Gasteiger partial charge >= 0.3 is 0 Å². The van der Waals surface area contributed by atoms with Crippen LogP contribution in [0.2, 0.25) is 5.02 Å². The molecular formula is C15H25ClN2O. The lowest BCUT2D eigenvalue weighted by molar-refractivity contribution is -0.0534. The van der Waals surface area contributed by atoms with E-state index in [1.165, 1.54) is 0 Å². The minimum absolute atomic E-state index is 0.312. The lowest BCUT2D eigenvalue weighted by Crippen LogP contribution is -2.43. The van der Waals surface area contributed by atoms with E-state index in [1.54, 1.807) is 0 Å². The van der Waals surface area contributed by atoms with Crippen molar-refractivity contribution in [3.8, 4) is 0 Å². The maximum Gasteiger partial charge on any atom is 0.0850 e. The van der Waals surface area contributed by atoms with E-state index in [0.29, 0.717) is 18.3 Å². The van der Waals surface area contributed by atoms with E-state index in [2.05, 4.69) is 25.9 Å². The van der Waals surface area contributed by atoms with Crippen molar-refractivity contribution in [2.75, 3.05) is 0 Å². The Labute approximate surface area is 121 Å². The Kier molecular flexibility index (Phi) is 4.26. The van der Waals surface area contributed by atoms with Crippen LogP contribution in [0.5, 0.6) is 0 Å². The highest BCUT2D eigenvalue weighted by atomic mass is 35.5. The van der Waals surface area contributed by atoms with Crippen LogP contribution in [0.3, 0.4) is 0 Å². The molecule has 0 aromatic carbocycles. The molecule has 0 amide bonds. The summed E-state index contributed by atoms with van der Waals surface area (Å²) in [5.74, 6) is 1.02. The van der Waals surface area contributed by atoms with Crippen LogP contribution >= 0.6 is 11.6 Å². The first kappa shape index (κ1) is 14.9. The Morgan fingerprint density at radius 3 is 2.68 bits per heavy atom. The summed E-state index contributed by atoms with van der Waals surface area (Å²) in [6.45, 7) is 6.47. The van der Waals surface area contributed by atoms with Crippen molar-refractivity contribution in [3.05, 3.63) is 16.4 Å². The van der Waals surface area contributed by atoms with Gasteiger partial charge < -0.3 is 5.11 Å². The summed E-state index contributed by atoms with van der Waals surface area (Å²) >= 11 is 6.39. The van der Waals surface area contributed by atoms with Gasteiger partial charge in [0, 0.05) is 13.5 Å². The van der Waals surface area contributed by atoms with Crippen molar-refractivity contribution in [3.63, 3.8) is 0 Å². The van der Waals surface area contributed by atoms with Crippen LogP contribution in [0.15, 0.2) is 0 Å². The van der Waals surface area contributed by atoms with Crippen molar-refractivity contribution in [2.45, 2.75) is 58.5 Å². The van der Waals surface area contributed by atoms with Gasteiger partial charge in [-0.15, -0.1) is 0 Å². The summed E-state index contributed by atoms with van der Waals surface area (Å²) < 4.78 is 1.84. The maximum absolute atomic E-state index is 10.9. The van der Waals surface area contributed by atoms with Gasteiger partial charge in [0.05, 0.1) is 22.0 Å². The van der Waals surface area contributed by atoms with Crippen molar-refractivity contribution in [1.82, 2.24) is 9.78 Å². The highest BCUT2D eigenvalue weighted by Gasteiger charge is 2.39. The predicted octanol–water partition coefficient (Wildman–Crippen LogP) is 3.37. The van der Waals surface area contributed by atoms with Gasteiger partial charge in [-0.25, -0.2) is 0 Å². The average molecular weight is 285 g/mol. The van der Waals surface area contributed by atoms with Gasteiger partial charge in [-0.1, -0.05) is 32.4 Å². The van der Waals surface area contributed by atoms with Crippen molar-refractivity contribution in [1.29, 1.82) is 0 Å². The molecule has 1 fully saturated rings. The highest BCUT2D eigenvalue weighted by molar-refractivity contribution is 6.31. The molecule has 4 heteroatoms. The predicted molar refractivity (Wildman–Crippen MR) is 78.4 cm³/mol. The monoisotopic (exact) mass is 284 g/mol. The third kappa shape index (κ3) is 2.82. The largest absolute Gasteiger partial charge is 0.389 e. The zero-order valence-electron chi connectivity index (χ0n) is 12.4. The lowest BCUT2D eigenvalue weighted by Gasteiger charge is -2.40. The molecular weight excluding hydrogens is 260 g/mol. The molecule has 0 spiro atoms. The number of aromatic nitrogens is 2. The Morgan fingerprint density at radius 1 is 1.47 bits per heavy atom. The third-order valence-electron chi connectivity index (χ3n) is 4.72. The van der Waals surface area contributed by atoms with Crippen LogP contribution in [0.25, 0.3) is 0 Å². The highest BCUT2D eigenvalue weighted by Crippen LogP contribution is 2.40. The Balaban J connectivity index is 2.23. The molecule has 3 unspecified atom stereocenters. The molecule has 3 nitrogen and oxygen atoms in total. The fourth-order valence-corrected chi connectivity index (χ4v) is 3.61. The first-order valence-electron chi connectivity index (χ1n) is 7.30. The molecule has 19 heavy (non-hydrogen) atoms. The second-order valence-electron chi connectivity index (χ2n) is 6.25. The second-order valence-corrected chi connectivity index (χ2v) is 6.62. The normalized spacial score (nSPS) is 31.7. The van der Waals surface area contributed by atoms with Crippen LogP contribution in [-0.2, 0) is 19.9 Å². The summed E-state index contributed by atoms with van der Waals surface area (Å²) in [5.41, 5.74) is 1.27. The van der Waals surface area contributed by atoms with E-state index < -0.39 is 5.60 Å². The van der Waals surface area contributed by atoms with Crippen molar-refractivity contribution in [2.24, 2.45) is 18.9 Å². The molecule has 108 valence electrons. The smallest absolute Gasteiger partial charge is 0.0850 e. The molecule has 0 aliphatic heterocycles. The van der Waals surface area contributed by atoms with Crippen LogP contribution in [0.4, 0.5) is 0 Å². The summed E-state index contributed by atoms with van der Waals surface area (Å²) in [6.07, 6.45) is 4.49. The minimum Gasteiger partial charge on any atom is -0.389 e. The number of aliphatic hydroxyl groups is 1. The second kappa shape index (κ2) is 5.45. The molecule has 2 rings (SSSR count). The van der Waals surface area contributed by atoms with Gasteiger partial charge in [-0.05, 0) is 37.5 Å². The summed E-state index contributed by atoms with van der Waals surface area (Å²) in [6, 6.07) is 0. The van der Waals surface area contributed by atoms with E-state index in [9.17, 15) is 5.11 Å². The van der Waals surface area contributed by atoms with E-state index >= 15 is 0 Å². The van der Waals surface area contributed by atoms with Crippen LogP contribution < -0.4 is 0 Å². The molecule has 1 heterocycles. The van der Waals surface area contributed by atoms with Gasteiger partial charge in [0.2, 0.25) is 0 Å². The van der Waals surface area contributed by atoms with Crippen molar-refractivity contribution >= 4 is 11.6 Å². The topological polar surface area (TPSA) is 38.0 Å². The molecule has 1 aromatic rings. The van der Waals surface area contributed by atoms with Gasteiger partial charge in [-0.3, -0.25) is 4.68 Å². The quantitative estimate of drug-likeness (QED) is 0.924. The van der Waals surface area contributed by atoms with Crippen LogP contribution in [0, 0.1) is 11.8 Å². The summed E-state index contributed by atoms with van der Waals surface area (Å²) in [7, 11) is 1.92. The Bertz CT molecular complexity index is 457. The SMILES string of the molecule is CCc1nn(C)c(CC2(O)CCC(C)CC2C)c1Cl. The van der Waals surface area contributed by atoms with E-state index in [4.69, 9.17) is 11.6 Å². The maximum atomic E-state index is 10.9. The van der Waals surface area contributed by atoms with Crippen molar-refractivity contribution < 1.29 is 5.11 Å². The minimum atomic E-state index is -0.630. The molecule has 0 bridgehead atoms. The molecule has 1 aliphatic rings. The molecule has 0 saturated heterocycles. The van der Waals surface area contributed by atoms with Gasteiger partial charge in [-0.2, -0.15) is 5.10 Å². The number of halogens is 1. The third-order valence-corrected chi connectivity index (χ3v) is 5.16. The number of aryl methyl sites for hydroxylation is 2. The number of nitrogens with zero attached hydrogens (tertiary/aromatic N) is 2. The first-order valence-corrected chi connectivity index (χ1v) is 7.67. The number of hydrogen-bond acceptors (Lipinski definition) is 2. The molecule has 1 N–H and O–H groups in total. The molecule has 3 atom stereocenters. The average Bonchev–Trinajstić information content (AvgIpc) is 2.62. The zero-order chi connectivity index (χ0) is 14.2. The van der Waals surface area contributed by atoms with E-state index in [0.717, 1.165) is 42.1 Å². The number of rotatable bonds is 3. The van der Waals surface area contributed by atoms with Crippen LogP contribution in [-0.4, -0.2) is 20.5 Å². The summed E-state index contributed by atoms with van der Waals surface area (Å²) in [5, 5.41) is 16.1. The number of hydrogen-bond donors (Lipinski definition) is 1. The molecule has 1 saturated carbocycles.